The van der Waals surface area contributed by atoms with E-state index in [9.17, 15) is 0 Å². The first-order chi connectivity index (χ1) is 6.24. The molecule has 0 aromatic carbocycles. The third-order valence-corrected chi connectivity index (χ3v) is 4.74. The highest BCUT2D eigenvalue weighted by Crippen LogP contribution is 2.47. The summed E-state index contributed by atoms with van der Waals surface area (Å²) in [5, 5.41) is 0. The van der Waals surface area contributed by atoms with Crippen molar-refractivity contribution in [2.45, 2.75) is 40.0 Å². The lowest BCUT2D eigenvalue weighted by atomic mass is 9.60. The van der Waals surface area contributed by atoms with Gasteiger partial charge in [0.15, 0.2) is 0 Å². The second kappa shape index (κ2) is 5.15. The van der Waals surface area contributed by atoms with Crippen molar-refractivity contribution in [2.75, 3.05) is 6.16 Å². The summed E-state index contributed by atoms with van der Waals surface area (Å²) >= 11 is 0. The van der Waals surface area contributed by atoms with E-state index in [4.69, 9.17) is 0 Å². The average molecular weight is 198 g/mol. The van der Waals surface area contributed by atoms with Crippen molar-refractivity contribution in [3.63, 3.8) is 0 Å². The molecule has 4 atom stereocenters. The van der Waals surface area contributed by atoms with Crippen molar-refractivity contribution in [1.82, 2.24) is 0 Å². The van der Waals surface area contributed by atoms with Gasteiger partial charge in [0.1, 0.15) is 0 Å². The Labute approximate surface area is 84.9 Å². The highest BCUT2D eigenvalue weighted by atomic mass is 31.1. The fourth-order valence-electron chi connectivity index (χ4n) is 2.83. The average Bonchev–Trinajstić information content (AvgIpc) is 2.15. The van der Waals surface area contributed by atoms with Crippen LogP contribution in [0.2, 0.25) is 0 Å². The summed E-state index contributed by atoms with van der Waals surface area (Å²) < 4.78 is 0. The van der Waals surface area contributed by atoms with E-state index in [1.807, 2.05) is 0 Å². The second-order valence-corrected chi connectivity index (χ2v) is 5.31. The van der Waals surface area contributed by atoms with Gasteiger partial charge in [0, 0.05) is 0 Å². The molecule has 0 amide bonds. The van der Waals surface area contributed by atoms with E-state index < -0.39 is 0 Å². The van der Waals surface area contributed by atoms with Crippen LogP contribution in [0.1, 0.15) is 40.0 Å². The molecule has 0 aromatic heterocycles. The Hall–Kier alpha value is 0.170. The molecule has 0 bridgehead atoms. The Morgan fingerprint density at radius 1 is 1.46 bits per heavy atom. The molecule has 0 aliphatic heterocycles. The van der Waals surface area contributed by atoms with Gasteiger partial charge in [-0.05, 0) is 36.3 Å². The van der Waals surface area contributed by atoms with Gasteiger partial charge < -0.3 is 0 Å². The van der Waals surface area contributed by atoms with Crippen molar-refractivity contribution in [3.8, 4) is 0 Å². The minimum atomic E-state index is 0.956. The molecule has 1 fully saturated rings. The van der Waals surface area contributed by atoms with Crippen LogP contribution in [-0.2, 0) is 0 Å². The monoisotopic (exact) mass is 198 g/mol. The highest BCUT2D eigenvalue weighted by Gasteiger charge is 2.39. The third kappa shape index (κ3) is 2.34. The lowest BCUT2D eigenvalue weighted by Crippen LogP contribution is -2.39. The number of rotatable bonds is 5. The van der Waals surface area contributed by atoms with Crippen molar-refractivity contribution in [3.05, 3.63) is 0 Å². The fourth-order valence-corrected chi connectivity index (χ4v) is 3.69. The van der Waals surface area contributed by atoms with Gasteiger partial charge in [-0.1, -0.05) is 39.9 Å². The largest absolute Gasteiger partial charge is 0.112 e. The van der Waals surface area contributed by atoms with Gasteiger partial charge in [0.25, 0.3) is 0 Å². The zero-order valence-electron chi connectivity index (χ0n) is 9.29. The van der Waals surface area contributed by atoms with Gasteiger partial charge in [-0.2, -0.15) is 0 Å². The first kappa shape index (κ1) is 11.2. The summed E-state index contributed by atoms with van der Waals surface area (Å²) in [6, 6.07) is 0. The van der Waals surface area contributed by atoms with E-state index in [1.165, 1.54) is 33.6 Å². The Morgan fingerprint density at radius 2 is 2.15 bits per heavy atom. The van der Waals surface area contributed by atoms with E-state index >= 15 is 0 Å². The number of hydrogen-bond donors (Lipinski definition) is 0. The van der Waals surface area contributed by atoms with Crippen molar-refractivity contribution >= 4 is 14.5 Å². The Bertz CT molecular complexity index is 165. The SMILES string of the molecule is C=PCC(CC)C1CC(CC)C1C. The van der Waals surface area contributed by atoms with Gasteiger partial charge >= 0.3 is 0 Å². The molecular formula is C12H23P. The van der Waals surface area contributed by atoms with E-state index in [1.54, 1.807) is 0 Å². The van der Waals surface area contributed by atoms with Crippen LogP contribution < -0.4 is 0 Å². The lowest BCUT2D eigenvalue weighted by Gasteiger charge is -2.46. The van der Waals surface area contributed by atoms with Gasteiger partial charge in [0.05, 0.1) is 0 Å². The van der Waals surface area contributed by atoms with E-state index in [-0.39, 0.29) is 0 Å². The maximum atomic E-state index is 3.95. The fraction of sp³-hybridized carbons (Fsp3) is 0.917. The number of hydrogen-bond acceptors (Lipinski definition) is 0. The minimum Gasteiger partial charge on any atom is -0.112 e. The molecule has 76 valence electrons. The Kier molecular flexibility index (Phi) is 4.46. The zero-order valence-corrected chi connectivity index (χ0v) is 10.2. The summed E-state index contributed by atoms with van der Waals surface area (Å²) in [6.45, 7) is 7.12. The molecule has 1 saturated carbocycles. The second-order valence-electron chi connectivity index (χ2n) is 4.50. The summed E-state index contributed by atoms with van der Waals surface area (Å²) in [4.78, 5) is 0. The van der Waals surface area contributed by atoms with Crippen molar-refractivity contribution in [1.29, 1.82) is 0 Å². The van der Waals surface area contributed by atoms with Gasteiger partial charge in [-0.25, -0.2) is 0 Å². The molecule has 0 aromatic rings. The lowest BCUT2D eigenvalue weighted by molar-refractivity contribution is 0.0404. The summed E-state index contributed by atoms with van der Waals surface area (Å²) in [5.41, 5.74) is 0. The standard InChI is InChI=1S/C12H23P/c1-5-10-7-12(9(10)3)11(6-2)8-13-4/h9-12H,4-8H2,1-3H3. The smallest absolute Gasteiger partial charge is 0.00809 e. The van der Waals surface area contributed by atoms with E-state index in [0.29, 0.717) is 0 Å². The summed E-state index contributed by atoms with van der Waals surface area (Å²) in [6.07, 6.45) is 9.50. The predicted octanol–water partition coefficient (Wildman–Crippen LogP) is 4.07. The molecular weight excluding hydrogens is 175 g/mol. The van der Waals surface area contributed by atoms with Crippen LogP contribution in [0.3, 0.4) is 0 Å². The zero-order chi connectivity index (χ0) is 9.84. The predicted molar refractivity (Wildman–Crippen MR) is 63.7 cm³/mol. The van der Waals surface area contributed by atoms with Crippen molar-refractivity contribution in [2.24, 2.45) is 23.7 Å². The molecule has 1 rings (SSSR count). The van der Waals surface area contributed by atoms with E-state index in [2.05, 4.69) is 27.1 Å². The van der Waals surface area contributed by atoms with Crippen LogP contribution in [0.4, 0.5) is 0 Å². The summed E-state index contributed by atoms with van der Waals surface area (Å²) in [7, 11) is 1.34. The molecule has 0 heterocycles. The molecule has 1 heteroatoms. The van der Waals surface area contributed by atoms with Gasteiger partial charge in [-0.3, -0.25) is 0 Å². The Morgan fingerprint density at radius 3 is 2.54 bits per heavy atom. The molecule has 0 saturated heterocycles. The quantitative estimate of drug-likeness (QED) is 0.584. The maximum Gasteiger partial charge on any atom is -0.00809 e. The van der Waals surface area contributed by atoms with Crippen LogP contribution in [0.25, 0.3) is 0 Å². The molecule has 1 aliphatic carbocycles. The molecule has 4 unspecified atom stereocenters. The van der Waals surface area contributed by atoms with Gasteiger partial charge in [-0.15, -0.1) is 8.20 Å². The Balaban J connectivity index is 2.40. The molecule has 0 spiro atoms. The van der Waals surface area contributed by atoms with Gasteiger partial charge in [0.2, 0.25) is 0 Å². The van der Waals surface area contributed by atoms with Crippen LogP contribution in [-0.4, -0.2) is 12.5 Å². The third-order valence-electron chi connectivity index (χ3n) is 4.01. The molecule has 0 radical (unpaired) electrons. The molecule has 0 nitrogen and oxygen atoms in total. The van der Waals surface area contributed by atoms with Crippen LogP contribution in [0.5, 0.6) is 0 Å². The minimum absolute atomic E-state index is 0.956. The molecule has 13 heavy (non-hydrogen) atoms. The maximum absolute atomic E-state index is 3.95. The first-order valence-corrected chi connectivity index (χ1v) is 6.93. The molecule has 1 aliphatic rings. The normalized spacial score (nSPS) is 35.8. The summed E-state index contributed by atoms with van der Waals surface area (Å²) in [5.74, 6) is 3.98. The first-order valence-electron chi connectivity index (χ1n) is 5.67. The van der Waals surface area contributed by atoms with Crippen LogP contribution >= 0.6 is 8.20 Å². The highest BCUT2D eigenvalue weighted by molar-refractivity contribution is 7.36. The molecule has 0 N–H and O–H groups in total. The van der Waals surface area contributed by atoms with E-state index in [0.717, 1.165) is 23.7 Å². The van der Waals surface area contributed by atoms with Crippen LogP contribution in [0.15, 0.2) is 0 Å². The topological polar surface area (TPSA) is 0 Å². The van der Waals surface area contributed by atoms with Crippen molar-refractivity contribution < 1.29 is 0 Å². The van der Waals surface area contributed by atoms with Crippen LogP contribution in [0, 0.1) is 23.7 Å².